The van der Waals surface area contributed by atoms with Crippen molar-refractivity contribution in [2.45, 2.75) is 45.1 Å². The van der Waals surface area contributed by atoms with Gasteiger partial charge in [-0.05, 0) is 31.2 Å². The number of carboxylic acids is 1. The first-order valence-corrected chi connectivity index (χ1v) is 10.5. The Bertz CT molecular complexity index is 1070. The van der Waals surface area contributed by atoms with Crippen molar-refractivity contribution in [3.05, 3.63) is 48.2 Å². The maximum atomic E-state index is 14.5. The number of carboxylic acid groups (broad SMARTS) is 1. The number of allylic oxidation sites excluding steroid dienone is 1. The van der Waals surface area contributed by atoms with Crippen LogP contribution in [0.5, 0.6) is 0 Å². The first kappa shape index (κ1) is 22.7. The summed E-state index contributed by atoms with van der Waals surface area (Å²) < 4.78 is 14.5. The number of rotatable bonds is 11. The highest BCUT2D eigenvalue weighted by Gasteiger charge is 2.19. The van der Waals surface area contributed by atoms with Crippen LogP contribution >= 0.6 is 11.6 Å². The summed E-state index contributed by atoms with van der Waals surface area (Å²) in [6.07, 6.45) is 9.21. The standard InChI is InChI=1S/C22H25ClFN5O2/c1-3-5-13(4-2)6-7-15(9-19(30)31)28-22-18(24)12-27-21(29-22)17-11-26-20-16(17)8-14(23)10-25-20/h3,8,10-13,15H,1,4-7,9H2,2H3,(H,25,26)(H,30,31)(H,27,28,29). The molecule has 164 valence electrons. The van der Waals surface area contributed by atoms with E-state index in [2.05, 4.69) is 38.8 Å². The Morgan fingerprint density at radius 1 is 1.39 bits per heavy atom. The number of aromatic nitrogens is 4. The number of nitrogens with zero attached hydrogens (tertiary/aromatic N) is 3. The second-order valence-electron chi connectivity index (χ2n) is 7.46. The van der Waals surface area contributed by atoms with Crippen LogP contribution in [-0.4, -0.2) is 37.1 Å². The zero-order valence-corrected chi connectivity index (χ0v) is 18.0. The lowest BCUT2D eigenvalue weighted by atomic mass is 9.93. The molecule has 0 radical (unpaired) electrons. The van der Waals surface area contributed by atoms with Crippen molar-refractivity contribution < 1.29 is 14.3 Å². The van der Waals surface area contributed by atoms with Gasteiger partial charge in [0, 0.05) is 29.4 Å². The molecule has 9 heteroatoms. The quantitative estimate of drug-likeness (QED) is 0.339. The molecule has 0 spiro atoms. The van der Waals surface area contributed by atoms with Crippen LogP contribution in [0.4, 0.5) is 10.2 Å². The van der Waals surface area contributed by atoms with Gasteiger partial charge in [0.05, 0.1) is 17.6 Å². The Hall–Kier alpha value is -3.00. The minimum atomic E-state index is -0.957. The highest BCUT2D eigenvalue weighted by atomic mass is 35.5. The van der Waals surface area contributed by atoms with E-state index in [1.165, 1.54) is 6.20 Å². The molecule has 2 unspecified atom stereocenters. The number of halogens is 2. The number of H-pyrrole nitrogens is 1. The number of aromatic amines is 1. The predicted octanol–water partition coefficient (Wildman–Crippen LogP) is 5.45. The first-order chi connectivity index (χ1) is 14.9. The van der Waals surface area contributed by atoms with Gasteiger partial charge >= 0.3 is 5.97 Å². The van der Waals surface area contributed by atoms with Gasteiger partial charge in [-0.1, -0.05) is 31.0 Å². The van der Waals surface area contributed by atoms with Crippen molar-refractivity contribution in [2.24, 2.45) is 5.92 Å². The van der Waals surface area contributed by atoms with Gasteiger partial charge in [0.2, 0.25) is 0 Å². The third-order valence-corrected chi connectivity index (χ3v) is 5.45. The van der Waals surface area contributed by atoms with Crippen molar-refractivity contribution in [3.63, 3.8) is 0 Å². The number of aliphatic carboxylic acids is 1. The molecule has 0 aromatic carbocycles. The minimum Gasteiger partial charge on any atom is -0.481 e. The van der Waals surface area contributed by atoms with Crippen molar-refractivity contribution in [2.75, 3.05) is 5.32 Å². The summed E-state index contributed by atoms with van der Waals surface area (Å²) in [5, 5.41) is 13.4. The van der Waals surface area contributed by atoms with Gasteiger partial charge in [0.15, 0.2) is 17.5 Å². The van der Waals surface area contributed by atoms with E-state index in [-0.39, 0.29) is 18.1 Å². The van der Waals surface area contributed by atoms with E-state index in [1.807, 2.05) is 6.08 Å². The van der Waals surface area contributed by atoms with Crippen LogP contribution in [0.1, 0.15) is 39.0 Å². The maximum Gasteiger partial charge on any atom is 0.305 e. The average Bonchev–Trinajstić information content (AvgIpc) is 3.15. The fourth-order valence-corrected chi connectivity index (χ4v) is 3.71. The topological polar surface area (TPSA) is 104 Å². The Morgan fingerprint density at radius 3 is 2.90 bits per heavy atom. The lowest BCUT2D eigenvalue weighted by Crippen LogP contribution is -2.25. The molecule has 0 aliphatic rings. The van der Waals surface area contributed by atoms with Crippen LogP contribution in [0.2, 0.25) is 5.02 Å². The number of nitrogens with one attached hydrogen (secondary N) is 2. The summed E-state index contributed by atoms with van der Waals surface area (Å²) >= 11 is 6.05. The summed E-state index contributed by atoms with van der Waals surface area (Å²) in [5.74, 6) is -0.941. The number of carbonyl (C=O) groups is 1. The lowest BCUT2D eigenvalue weighted by molar-refractivity contribution is -0.137. The molecular weight excluding hydrogens is 421 g/mol. The van der Waals surface area contributed by atoms with E-state index < -0.39 is 17.8 Å². The molecule has 3 aromatic rings. The fourth-order valence-electron chi connectivity index (χ4n) is 3.55. The van der Waals surface area contributed by atoms with Gasteiger partial charge in [-0.25, -0.2) is 19.3 Å². The number of pyridine rings is 1. The maximum absolute atomic E-state index is 14.5. The second kappa shape index (κ2) is 10.3. The molecule has 3 heterocycles. The molecule has 31 heavy (non-hydrogen) atoms. The van der Waals surface area contributed by atoms with E-state index in [1.54, 1.807) is 12.3 Å². The number of hydrogen-bond acceptors (Lipinski definition) is 5. The highest BCUT2D eigenvalue weighted by molar-refractivity contribution is 6.31. The number of hydrogen-bond donors (Lipinski definition) is 3. The predicted molar refractivity (Wildman–Crippen MR) is 120 cm³/mol. The van der Waals surface area contributed by atoms with Gasteiger partial charge in [-0.2, -0.15) is 0 Å². The fraction of sp³-hybridized carbons (Fsp3) is 0.364. The Labute approximate surface area is 184 Å². The van der Waals surface area contributed by atoms with Crippen LogP contribution in [0.25, 0.3) is 22.4 Å². The van der Waals surface area contributed by atoms with Crippen molar-refractivity contribution in [1.82, 2.24) is 19.9 Å². The van der Waals surface area contributed by atoms with Crippen molar-refractivity contribution in [3.8, 4) is 11.4 Å². The third-order valence-electron chi connectivity index (χ3n) is 5.25. The monoisotopic (exact) mass is 445 g/mol. The van der Waals surface area contributed by atoms with Gasteiger partial charge < -0.3 is 15.4 Å². The Kier molecular flexibility index (Phi) is 7.57. The third kappa shape index (κ3) is 5.79. The summed E-state index contributed by atoms with van der Waals surface area (Å²) in [5.41, 5.74) is 1.23. The molecule has 2 atom stereocenters. The van der Waals surface area contributed by atoms with Crippen LogP contribution in [0.3, 0.4) is 0 Å². The Morgan fingerprint density at radius 2 is 2.19 bits per heavy atom. The number of anilines is 1. The Balaban J connectivity index is 1.85. The summed E-state index contributed by atoms with van der Waals surface area (Å²) in [7, 11) is 0. The molecule has 0 fully saturated rings. The summed E-state index contributed by atoms with van der Waals surface area (Å²) in [6, 6.07) is 1.26. The largest absolute Gasteiger partial charge is 0.481 e. The average molecular weight is 446 g/mol. The van der Waals surface area contributed by atoms with Crippen LogP contribution < -0.4 is 5.32 Å². The zero-order chi connectivity index (χ0) is 22.4. The SMILES string of the molecule is C=CCC(CC)CCC(CC(=O)O)Nc1nc(-c2c[nH]c3ncc(Cl)cc23)ncc1F. The molecular formula is C22H25ClFN5O2. The highest BCUT2D eigenvalue weighted by Crippen LogP contribution is 2.28. The van der Waals surface area contributed by atoms with E-state index in [0.717, 1.165) is 25.5 Å². The molecule has 3 aromatic heterocycles. The zero-order valence-electron chi connectivity index (χ0n) is 17.2. The molecule has 0 aliphatic carbocycles. The van der Waals surface area contributed by atoms with Crippen LogP contribution in [0, 0.1) is 11.7 Å². The van der Waals surface area contributed by atoms with E-state index in [9.17, 15) is 14.3 Å². The van der Waals surface area contributed by atoms with Gasteiger partial charge in [-0.3, -0.25) is 4.79 Å². The van der Waals surface area contributed by atoms with E-state index in [4.69, 9.17) is 11.6 Å². The summed E-state index contributed by atoms with van der Waals surface area (Å²) in [4.78, 5) is 27.0. The summed E-state index contributed by atoms with van der Waals surface area (Å²) in [6.45, 7) is 5.86. The number of fused-ring (bicyclic) bond motifs is 1. The molecule has 3 rings (SSSR count). The van der Waals surface area contributed by atoms with Gasteiger partial charge in [-0.15, -0.1) is 6.58 Å². The molecule has 0 aliphatic heterocycles. The lowest BCUT2D eigenvalue weighted by Gasteiger charge is -2.21. The van der Waals surface area contributed by atoms with Crippen LogP contribution in [0.15, 0.2) is 37.3 Å². The second-order valence-corrected chi connectivity index (χ2v) is 7.89. The molecule has 0 saturated heterocycles. The minimum absolute atomic E-state index is 0.0302. The first-order valence-electron chi connectivity index (χ1n) is 10.2. The smallest absolute Gasteiger partial charge is 0.305 e. The molecule has 0 bridgehead atoms. The van der Waals surface area contributed by atoms with E-state index >= 15 is 0 Å². The van der Waals surface area contributed by atoms with E-state index in [0.29, 0.717) is 34.0 Å². The molecule has 7 nitrogen and oxygen atoms in total. The van der Waals surface area contributed by atoms with Crippen LogP contribution in [-0.2, 0) is 4.79 Å². The molecule has 3 N–H and O–H groups in total. The van der Waals surface area contributed by atoms with Gasteiger partial charge in [0.25, 0.3) is 0 Å². The van der Waals surface area contributed by atoms with Crippen molar-refractivity contribution >= 4 is 34.4 Å². The molecule has 0 amide bonds. The van der Waals surface area contributed by atoms with Gasteiger partial charge in [0.1, 0.15) is 5.65 Å². The molecule has 0 saturated carbocycles. The van der Waals surface area contributed by atoms with Crippen molar-refractivity contribution in [1.29, 1.82) is 0 Å². The normalized spacial score (nSPS) is 13.1.